The zero-order chi connectivity index (χ0) is 16.6. The maximum atomic E-state index is 12.3. The zero-order valence-electron chi connectivity index (χ0n) is 13.3. The van der Waals surface area contributed by atoms with E-state index in [1.165, 1.54) is 12.8 Å². The Kier molecular flexibility index (Phi) is 7.06. The number of nitrogens with one attached hydrogen (secondary N) is 2. The summed E-state index contributed by atoms with van der Waals surface area (Å²) in [7, 11) is 2.00. The molecule has 2 atom stereocenters. The first-order valence-electron chi connectivity index (χ1n) is 7.83. The first-order valence-corrected chi connectivity index (χ1v) is 8.96. The van der Waals surface area contributed by atoms with Gasteiger partial charge < -0.3 is 10.6 Å². The van der Waals surface area contributed by atoms with Gasteiger partial charge in [-0.05, 0) is 44.9 Å². The van der Waals surface area contributed by atoms with Gasteiger partial charge in [0.15, 0.2) is 0 Å². The summed E-state index contributed by atoms with van der Waals surface area (Å²) in [6.45, 7) is 0.319. The van der Waals surface area contributed by atoms with Crippen molar-refractivity contribution in [3.63, 3.8) is 0 Å². The van der Waals surface area contributed by atoms with Crippen LogP contribution in [0.15, 0.2) is 12.1 Å². The maximum Gasteiger partial charge on any atom is 0.238 e. The topological polar surface area (TPSA) is 44.4 Å². The highest BCUT2D eigenvalue weighted by molar-refractivity contribution is 6.42. The van der Waals surface area contributed by atoms with E-state index >= 15 is 0 Å². The van der Waals surface area contributed by atoms with Crippen molar-refractivity contribution in [2.24, 2.45) is 0 Å². The van der Waals surface area contributed by atoms with Crippen LogP contribution in [0.1, 0.15) is 25.7 Å². The highest BCUT2D eigenvalue weighted by atomic mass is 35.5. The molecule has 2 unspecified atom stereocenters. The second-order valence-corrected chi connectivity index (χ2v) is 7.72. The smallest absolute Gasteiger partial charge is 0.238 e. The summed E-state index contributed by atoms with van der Waals surface area (Å²) in [5, 5.41) is 7.55. The molecule has 0 radical (unpaired) electrons. The zero-order valence-corrected chi connectivity index (χ0v) is 16.4. The quantitative estimate of drug-likeness (QED) is 0.777. The van der Waals surface area contributed by atoms with Gasteiger partial charge in [0, 0.05) is 23.1 Å². The average Bonchev–Trinajstić information content (AvgIpc) is 2.81. The third kappa shape index (κ3) is 4.69. The molecule has 2 N–H and O–H groups in total. The van der Waals surface area contributed by atoms with Gasteiger partial charge in [-0.15, -0.1) is 12.4 Å². The maximum absolute atomic E-state index is 12.3. The number of likely N-dealkylation sites (N-methyl/N-ethyl adjacent to an activating group) is 1. The van der Waals surface area contributed by atoms with Crippen LogP contribution in [0.2, 0.25) is 15.1 Å². The van der Waals surface area contributed by atoms with E-state index in [9.17, 15) is 4.79 Å². The molecule has 2 saturated heterocycles. The van der Waals surface area contributed by atoms with Gasteiger partial charge in [0.25, 0.3) is 0 Å². The van der Waals surface area contributed by atoms with Crippen LogP contribution in [0.4, 0.5) is 5.69 Å². The number of carbonyl (C=O) groups excluding carboxylic acids is 1. The van der Waals surface area contributed by atoms with Gasteiger partial charge in [-0.2, -0.15) is 0 Å². The second-order valence-electron chi connectivity index (χ2n) is 6.47. The fourth-order valence-electron chi connectivity index (χ4n) is 3.58. The molecule has 2 aliphatic heterocycles. The molecule has 24 heavy (non-hydrogen) atoms. The predicted octanol–water partition coefficient (Wildman–Crippen LogP) is 4.22. The van der Waals surface area contributed by atoms with Crippen molar-refractivity contribution < 1.29 is 4.79 Å². The van der Waals surface area contributed by atoms with Crippen molar-refractivity contribution in [3.8, 4) is 0 Å². The molecule has 8 heteroatoms. The van der Waals surface area contributed by atoms with Crippen LogP contribution < -0.4 is 10.6 Å². The number of halogens is 4. The second kappa shape index (κ2) is 8.43. The third-order valence-electron chi connectivity index (χ3n) is 4.74. The molecule has 2 aliphatic rings. The van der Waals surface area contributed by atoms with Crippen LogP contribution in [-0.2, 0) is 4.79 Å². The van der Waals surface area contributed by atoms with E-state index in [0.29, 0.717) is 45.4 Å². The lowest BCUT2D eigenvalue weighted by molar-refractivity contribution is -0.117. The normalized spacial score (nSPS) is 25.5. The first kappa shape index (κ1) is 20.1. The van der Waals surface area contributed by atoms with E-state index in [-0.39, 0.29) is 18.3 Å². The van der Waals surface area contributed by atoms with Gasteiger partial charge in [-0.3, -0.25) is 9.69 Å². The van der Waals surface area contributed by atoms with Gasteiger partial charge in [0.1, 0.15) is 0 Å². The van der Waals surface area contributed by atoms with Crippen LogP contribution >= 0.6 is 47.2 Å². The number of benzene rings is 1. The van der Waals surface area contributed by atoms with Crippen molar-refractivity contribution in [1.29, 1.82) is 0 Å². The largest absolute Gasteiger partial charge is 0.322 e. The Labute approximate surface area is 163 Å². The monoisotopic (exact) mass is 411 g/mol. The molecule has 0 spiro atoms. The van der Waals surface area contributed by atoms with E-state index in [1.807, 2.05) is 7.05 Å². The molecule has 0 saturated carbocycles. The summed E-state index contributed by atoms with van der Waals surface area (Å²) in [4.78, 5) is 14.4. The van der Waals surface area contributed by atoms with Crippen LogP contribution in [0.3, 0.4) is 0 Å². The summed E-state index contributed by atoms with van der Waals surface area (Å²) in [5.41, 5.74) is 0.418. The van der Waals surface area contributed by atoms with Crippen LogP contribution in [0.25, 0.3) is 0 Å². The summed E-state index contributed by atoms with van der Waals surface area (Å²) in [6.07, 6.45) is 4.69. The first-order chi connectivity index (χ1) is 10.9. The van der Waals surface area contributed by atoms with Gasteiger partial charge in [0.2, 0.25) is 5.91 Å². The Hall–Kier alpha value is -0.230. The lowest BCUT2D eigenvalue weighted by atomic mass is 9.98. The van der Waals surface area contributed by atoms with Crippen molar-refractivity contribution in [1.82, 2.24) is 10.2 Å². The van der Waals surface area contributed by atoms with Crippen molar-refractivity contribution >= 4 is 58.8 Å². The van der Waals surface area contributed by atoms with E-state index in [2.05, 4.69) is 15.5 Å². The number of amides is 1. The van der Waals surface area contributed by atoms with Crippen molar-refractivity contribution in [2.75, 3.05) is 18.9 Å². The summed E-state index contributed by atoms with van der Waals surface area (Å²) >= 11 is 18.1. The summed E-state index contributed by atoms with van der Waals surface area (Å²) in [6, 6.07) is 4.78. The number of hydrogen-bond acceptors (Lipinski definition) is 3. The number of nitrogens with zero attached hydrogens (tertiary/aromatic N) is 1. The average molecular weight is 413 g/mol. The molecule has 1 aromatic carbocycles. The Morgan fingerprint density at radius 2 is 1.75 bits per heavy atom. The molecule has 1 amide bonds. The Balaban J connectivity index is 0.00000208. The number of fused-ring (bicyclic) bond motifs is 2. The van der Waals surface area contributed by atoms with Crippen LogP contribution in [0, 0.1) is 0 Å². The molecule has 3 rings (SSSR count). The predicted molar refractivity (Wildman–Crippen MR) is 103 cm³/mol. The highest BCUT2D eigenvalue weighted by Crippen LogP contribution is 2.34. The highest BCUT2D eigenvalue weighted by Gasteiger charge is 2.35. The number of hydrogen-bond donors (Lipinski definition) is 2. The molecular weight excluding hydrogens is 392 g/mol. The molecule has 4 nitrogen and oxygen atoms in total. The fourth-order valence-corrected chi connectivity index (χ4v) is 4.49. The number of carbonyl (C=O) groups is 1. The van der Waals surface area contributed by atoms with E-state index in [4.69, 9.17) is 34.8 Å². The fraction of sp³-hybridized carbons (Fsp3) is 0.562. The minimum absolute atomic E-state index is 0. The molecule has 2 heterocycles. The van der Waals surface area contributed by atoms with Gasteiger partial charge >= 0.3 is 0 Å². The molecular formula is C16H21Cl4N3O. The standard InChI is InChI=1S/C16H20Cl3N3O.ClH/c1-22(12-6-10-2-3-11(7-12)20-10)8-15(23)21-16-13(18)4-9(17)5-14(16)19;/h4-5,10-12,20H,2-3,6-8H2,1H3,(H,21,23);1H. The number of rotatable bonds is 4. The molecule has 134 valence electrons. The minimum atomic E-state index is -0.121. The Morgan fingerprint density at radius 1 is 1.21 bits per heavy atom. The Morgan fingerprint density at radius 3 is 2.29 bits per heavy atom. The molecule has 0 aliphatic carbocycles. The van der Waals surface area contributed by atoms with Crippen LogP contribution in [-0.4, -0.2) is 42.5 Å². The van der Waals surface area contributed by atoms with E-state index < -0.39 is 0 Å². The van der Waals surface area contributed by atoms with Crippen molar-refractivity contribution in [3.05, 3.63) is 27.2 Å². The number of piperidine rings is 1. The lowest BCUT2D eigenvalue weighted by Gasteiger charge is -2.35. The van der Waals surface area contributed by atoms with E-state index in [0.717, 1.165) is 12.8 Å². The van der Waals surface area contributed by atoms with Gasteiger partial charge in [-0.1, -0.05) is 34.8 Å². The lowest BCUT2D eigenvalue weighted by Crippen LogP contribution is -2.48. The van der Waals surface area contributed by atoms with E-state index in [1.54, 1.807) is 12.1 Å². The van der Waals surface area contributed by atoms with Gasteiger partial charge in [0.05, 0.1) is 22.3 Å². The minimum Gasteiger partial charge on any atom is -0.322 e. The summed E-state index contributed by atoms with van der Waals surface area (Å²) < 4.78 is 0. The van der Waals surface area contributed by atoms with Crippen LogP contribution in [0.5, 0.6) is 0 Å². The van der Waals surface area contributed by atoms with Crippen molar-refractivity contribution in [2.45, 2.75) is 43.8 Å². The number of anilines is 1. The molecule has 1 aromatic rings. The molecule has 2 bridgehead atoms. The summed E-state index contributed by atoms with van der Waals surface area (Å²) in [5.74, 6) is -0.121. The molecule has 2 fully saturated rings. The van der Waals surface area contributed by atoms with Gasteiger partial charge in [-0.25, -0.2) is 0 Å². The molecule has 0 aromatic heterocycles. The Bertz CT molecular complexity index is 578. The third-order valence-corrected chi connectivity index (χ3v) is 5.55. The SMILES string of the molecule is CN(CC(=O)Nc1c(Cl)cc(Cl)cc1Cl)C1CC2CCC(C1)N2.Cl.